The van der Waals surface area contributed by atoms with E-state index in [4.69, 9.17) is 4.52 Å². The third kappa shape index (κ3) is 2.72. The van der Waals surface area contributed by atoms with Crippen molar-refractivity contribution in [2.75, 3.05) is 6.54 Å². The molecular weight excluding hydrogens is 286 g/mol. The molecule has 0 aromatic carbocycles. The van der Waals surface area contributed by atoms with Crippen LogP contribution >= 0.6 is 11.3 Å². The smallest absolute Gasteiger partial charge is 0.229 e. The van der Waals surface area contributed by atoms with Gasteiger partial charge in [-0.25, -0.2) is 4.98 Å². The first-order valence-corrected chi connectivity index (χ1v) is 8.07. The van der Waals surface area contributed by atoms with Gasteiger partial charge in [0.2, 0.25) is 5.91 Å². The summed E-state index contributed by atoms with van der Waals surface area (Å²) in [6.07, 6.45) is 2.38. The number of amides is 1. The van der Waals surface area contributed by atoms with E-state index in [9.17, 15) is 4.79 Å². The molecule has 6 heteroatoms. The lowest BCUT2D eigenvalue weighted by Gasteiger charge is -2.24. The van der Waals surface area contributed by atoms with Gasteiger partial charge >= 0.3 is 0 Å². The summed E-state index contributed by atoms with van der Waals surface area (Å²) in [5, 5.41) is 6.99. The van der Waals surface area contributed by atoms with Crippen LogP contribution in [0.4, 0.5) is 0 Å². The maximum Gasteiger partial charge on any atom is 0.229 e. The van der Waals surface area contributed by atoms with Crippen molar-refractivity contribution in [3.05, 3.63) is 33.1 Å². The average Bonchev–Trinajstić information content (AvgIpc) is 3.12. The van der Waals surface area contributed by atoms with E-state index in [0.29, 0.717) is 6.42 Å². The van der Waals surface area contributed by atoms with Crippen LogP contribution in [0.3, 0.4) is 0 Å². The van der Waals surface area contributed by atoms with Crippen molar-refractivity contribution in [2.45, 2.75) is 46.1 Å². The van der Waals surface area contributed by atoms with E-state index >= 15 is 0 Å². The number of aryl methyl sites for hydroxylation is 3. The Morgan fingerprint density at radius 2 is 2.29 bits per heavy atom. The SMILES string of the molecule is Cc1nc(CC(=O)N2CCC[C@H]2c2c(C)noc2C)cs1. The van der Waals surface area contributed by atoms with Gasteiger partial charge in [-0.05, 0) is 33.6 Å². The molecule has 2 aromatic heterocycles. The van der Waals surface area contributed by atoms with E-state index in [-0.39, 0.29) is 11.9 Å². The monoisotopic (exact) mass is 305 g/mol. The molecule has 0 unspecified atom stereocenters. The summed E-state index contributed by atoms with van der Waals surface area (Å²) in [7, 11) is 0. The van der Waals surface area contributed by atoms with Crippen molar-refractivity contribution in [2.24, 2.45) is 0 Å². The van der Waals surface area contributed by atoms with E-state index in [1.165, 1.54) is 0 Å². The van der Waals surface area contributed by atoms with Gasteiger partial charge in [-0.2, -0.15) is 0 Å². The summed E-state index contributed by atoms with van der Waals surface area (Å²) in [5.41, 5.74) is 2.84. The highest BCUT2D eigenvalue weighted by Gasteiger charge is 2.33. The zero-order valence-corrected chi connectivity index (χ0v) is 13.4. The molecule has 0 radical (unpaired) electrons. The lowest BCUT2D eigenvalue weighted by molar-refractivity contribution is -0.131. The van der Waals surface area contributed by atoms with E-state index in [1.807, 2.05) is 31.1 Å². The molecule has 21 heavy (non-hydrogen) atoms. The number of nitrogens with zero attached hydrogens (tertiary/aromatic N) is 3. The molecule has 112 valence electrons. The van der Waals surface area contributed by atoms with Crippen LogP contribution in [-0.4, -0.2) is 27.5 Å². The molecule has 0 saturated carbocycles. The van der Waals surface area contributed by atoms with Gasteiger partial charge in [-0.3, -0.25) is 4.79 Å². The molecule has 0 spiro atoms. The van der Waals surface area contributed by atoms with Gasteiger partial charge in [0, 0.05) is 17.5 Å². The van der Waals surface area contributed by atoms with Crippen LogP contribution in [0.15, 0.2) is 9.90 Å². The summed E-state index contributed by atoms with van der Waals surface area (Å²) >= 11 is 1.59. The highest BCUT2D eigenvalue weighted by atomic mass is 32.1. The number of thiazole rings is 1. The summed E-state index contributed by atoms with van der Waals surface area (Å²) in [6.45, 7) is 6.62. The van der Waals surface area contributed by atoms with Crippen molar-refractivity contribution in [3.63, 3.8) is 0 Å². The number of likely N-dealkylation sites (tertiary alicyclic amines) is 1. The molecule has 0 N–H and O–H groups in total. The quantitative estimate of drug-likeness (QED) is 0.874. The Kier molecular flexibility index (Phi) is 3.80. The molecule has 1 fully saturated rings. The molecule has 5 nitrogen and oxygen atoms in total. The number of aromatic nitrogens is 2. The van der Waals surface area contributed by atoms with Gasteiger partial charge in [0.15, 0.2) is 0 Å². The van der Waals surface area contributed by atoms with E-state index in [1.54, 1.807) is 11.3 Å². The normalized spacial score (nSPS) is 18.4. The van der Waals surface area contributed by atoms with Crippen LogP contribution in [0, 0.1) is 20.8 Å². The molecule has 1 atom stereocenters. The standard InChI is InChI=1S/C15H19N3O2S/c1-9-15(10(2)20-17-9)13-5-4-6-18(13)14(19)7-12-8-21-11(3)16-12/h8,13H,4-7H2,1-3H3/t13-/m0/s1. The van der Waals surface area contributed by atoms with Crippen LogP contribution in [0.2, 0.25) is 0 Å². The first-order valence-electron chi connectivity index (χ1n) is 7.19. The van der Waals surface area contributed by atoms with Gasteiger partial charge in [0.25, 0.3) is 0 Å². The first-order chi connectivity index (χ1) is 10.1. The zero-order valence-electron chi connectivity index (χ0n) is 12.5. The Morgan fingerprint density at radius 3 is 2.90 bits per heavy atom. The first kappa shape index (κ1) is 14.3. The minimum atomic E-state index is 0.100. The Hall–Kier alpha value is -1.69. The van der Waals surface area contributed by atoms with Crippen molar-refractivity contribution >= 4 is 17.2 Å². The second-order valence-electron chi connectivity index (χ2n) is 5.52. The summed E-state index contributed by atoms with van der Waals surface area (Å²) in [5.74, 6) is 0.963. The number of rotatable bonds is 3. The van der Waals surface area contributed by atoms with Gasteiger partial charge in [0.05, 0.1) is 28.9 Å². The van der Waals surface area contributed by atoms with Crippen LogP contribution in [-0.2, 0) is 11.2 Å². The van der Waals surface area contributed by atoms with Crippen molar-refractivity contribution in [1.82, 2.24) is 15.0 Å². The Labute approximate surface area is 128 Å². The second kappa shape index (κ2) is 5.60. The number of carbonyl (C=O) groups is 1. The van der Waals surface area contributed by atoms with Gasteiger partial charge in [-0.1, -0.05) is 5.16 Å². The van der Waals surface area contributed by atoms with Gasteiger partial charge in [0.1, 0.15) is 5.76 Å². The maximum absolute atomic E-state index is 12.6. The van der Waals surface area contributed by atoms with Crippen LogP contribution in [0.5, 0.6) is 0 Å². The molecule has 3 heterocycles. The Bertz CT molecular complexity index is 642. The fraction of sp³-hybridized carbons (Fsp3) is 0.533. The maximum atomic E-state index is 12.6. The van der Waals surface area contributed by atoms with Crippen molar-refractivity contribution in [3.8, 4) is 0 Å². The van der Waals surface area contributed by atoms with Crippen LogP contribution in [0.1, 0.15) is 46.6 Å². The molecular formula is C15H19N3O2S. The second-order valence-corrected chi connectivity index (χ2v) is 6.58. The molecule has 1 aliphatic heterocycles. The molecule has 2 aromatic rings. The lowest BCUT2D eigenvalue weighted by atomic mass is 10.0. The minimum absolute atomic E-state index is 0.100. The van der Waals surface area contributed by atoms with E-state index in [0.717, 1.165) is 47.1 Å². The van der Waals surface area contributed by atoms with Gasteiger partial charge in [-0.15, -0.1) is 11.3 Å². The lowest BCUT2D eigenvalue weighted by Crippen LogP contribution is -2.32. The fourth-order valence-corrected chi connectivity index (χ4v) is 3.69. The number of hydrogen-bond acceptors (Lipinski definition) is 5. The molecule has 1 aliphatic rings. The largest absolute Gasteiger partial charge is 0.361 e. The predicted molar refractivity (Wildman–Crippen MR) is 80.2 cm³/mol. The molecule has 1 amide bonds. The molecule has 0 bridgehead atoms. The minimum Gasteiger partial charge on any atom is -0.361 e. The highest BCUT2D eigenvalue weighted by Crippen LogP contribution is 2.35. The van der Waals surface area contributed by atoms with Crippen molar-refractivity contribution < 1.29 is 9.32 Å². The third-order valence-corrected chi connectivity index (χ3v) is 4.82. The summed E-state index contributed by atoms with van der Waals surface area (Å²) < 4.78 is 5.26. The van der Waals surface area contributed by atoms with Crippen molar-refractivity contribution in [1.29, 1.82) is 0 Å². The van der Waals surface area contributed by atoms with E-state index < -0.39 is 0 Å². The Morgan fingerprint density at radius 1 is 1.48 bits per heavy atom. The third-order valence-electron chi connectivity index (χ3n) is 3.99. The Balaban J connectivity index is 1.79. The number of carbonyl (C=O) groups excluding carboxylic acids is 1. The number of hydrogen-bond donors (Lipinski definition) is 0. The predicted octanol–water partition coefficient (Wildman–Crippen LogP) is 2.96. The van der Waals surface area contributed by atoms with Crippen LogP contribution < -0.4 is 0 Å². The zero-order chi connectivity index (χ0) is 15.0. The van der Waals surface area contributed by atoms with E-state index in [2.05, 4.69) is 10.1 Å². The summed E-state index contributed by atoms with van der Waals surface area (Å²) in [6, 6.07) is 0.100. The van der Waals surface area contributed by atoms with Gasteiger partial charge < -0.3 is 9.42 Å². The highest BCUT2D eigenvalue weighted by molar-refractivity contribution is 7.09. The molecule has 3 rings (SSSR count). The summed E-state index contributed by atoms with van der Waals surface area (Å²) in [4.78, 5) is 18.9. The topological polar surface area (TPSA) is 59.2 Å². The molecule has 1 saturated heterocycles. The fourth-order valence-electron chi connectivity index (χ4n) is 3.08. The molecule has 0 aliphatic carbocycles. The van der Waals surface area contributed by atoms with Crippen LogP contribution in [0.25, 0.3) is 0 Å². The average molecular weight is 305 g/mol.